The number of carbonyl (C=O) groups excluding carboxylic acids is 1. The molecule has 2 aliphatic heterocycles. The third kappa shape index (κ3) is 5.62. The van der Waals surface area contributed by atoms with Crippen molar-refractivity contribution in [2.24, 2.45) is 9.98 Å². The fourth-order valence-electron chi connectivity index (χ4n) is 3.70. The molecule has 2 aromatic rings. The Hall–Kier alpha value is -3.59. The number of aliphatic hydroxyl groups excluding tert-OH is 1. The molecule has 0 aliphatic carbocycles. The average Bonchev–Trinajstić information content (AvgIpc) is 3.47. The summed E-state index contributed by atoms with van der Waals surface area (Å²) in [5.41, 5.74) is 0.784. The van der Waals surface area contributed by atoms with Crippen molar-refractivity contribution in [3.8, 4) is 0 Å². The number of aliphatic imine (C=N–C) groups is 2. The summed E-state index contributed by atoms with van der Waals surface area (Å²) in [6.45, 7) is 1.91. The van der Waals surface area contributed by atoms with E-state index in [0.717, 1.165) is 21.4 Å². The first-order valence-electron chi connectivity index (χ1n) is 10.9. The molecule has 36 heavy (non-hydrogen) atoms. The Balaban J connectivity index is 1.65. The third-order valence-corrected chi connectivity index (χ3v) is 6.26. The largest absolute Gasteiger partial charge is 0.437 e. The van der Waals surface area contributed by atoms with Crippen LogP contribution < -0.4 is 16.4 Å². The number of rotatable bonds is 6. The monoisotopic (exact) mass is 525 g/mol. The summed E-state index contributed by atoms with van der Waals surface area (Å²) in [7, 11) is 0. The van der Waals surface area contributed by atoms with E-state index in [2.05, 4.69) is 30.7 Å². The summed E-state index contributed by atoms with van der Waals surface area (Å²) >= 11 is 0.853. The molecule has 0 bridgehead atoms. The highest BCUT2D eigenvalue weighted by Gasteiger charge is 2.35. The number of amidine groups is 1. The maximum absolute atomic E-state index is 13.2. The highest BCUT2D eigenvalue weighted by molar-refractivity contribution is 7.10. The summed E-state index contributed by atoms with van der Waals surface area (Å²) in [5.74, 6) is -0.813. The van der Waals surface area contributed by atoms with E-state index in [4.69, 9.17) is 9.52 Å². The lowest BCUT2D eigenvalue weighted by Crippen LogP contribution is -2.40. The maximum atomic E-state index is 13.2. The van der Waals surface area contributed by atoms with Gasteiger partial charge in [-0.3, -0.25) is 15.3 Å². The van der Waals surface area contributed by atoms with E-state index in [1.165, 1.54) is 0 Å². The predicted octanol–water partition coefficient (Wildman–Crippen LogP) is 2.32. The molecule has 4 heterocycles. The number of nitrogens with zero attached hydrogens (tertiary/aromatic N) is 5. The number of dihydropyridines is 1. The number of hydrogen-bond acceptors (Lipinski definition) is 9. The summed E-state index contributed by atoms with van der Waals surface area (Å²) in [5, 5.41) is 19.5. The van der Waals surface area contributed by atoms with Crippen molar-refractivity contribution < 1.29 is 27.5 Å². The molecule has 0 saturated carbocycles. The van der Waals surface area contributed by atoms with Gasteiger partial charge in [0.2, 0.25) is 5.89 Å². The second-order valence-corrected chi connectivity index (χ2v) is 8.69. The molecule has 192 valence electrons. The van der Waals surface area contributed by atoms with Gasteiger partial charge in [0, 0.05) is 36.3 Å². The van der Waals surface area contributed by atoms with E-state index in [9.17, 15) is 22.8 Å². The van der Waals surface area contributed by atoms with Crippen LogP contribution in [-0.2, 0) is 12.7 Å². The summed E-state index contributed by atoms with van der Waals surface area (Å²) in [6, 6.07) is -0.468. The van der Waals surface area contributed by atoms with Gasteiger partial charge in [0.25, 0.3) is 0 Å². The van der Waals surface area contributed by atoms with Crippen molar-refractivity contribution in [2.45, 2.75) is 38.4 Å². The SMILES string of the molecule is CCNC(=O)NC1=NCC(C2=CN=CC(c3nn(CCO)c(=O)o3)C2)=C(c2nc(C(F)(F)F)cs2)C1. The zero-order chi connectivity index (χ0) is 25.9. The van der Waals surface area contributed by atoms with Gasteiger partial charge in [0.05, 0.1) is 25.6 Å². The van der Waals surface area contributed by atoms with E-state index in [0.29, 0.717) is 35.5 Å². The Morgan fingerprint density at radius 1 is 1.36 bits per heavy atom. The molecule has 1 unspecified atom stereocenters. The number of amides is 2. The number of carbonyl (C=O) groups is 1. The standard InChI is InChI=1S/C21H22F3N7O4S/c1-2-26-19(33)29-16-6-13(18-28-15(10-36-18)21(22,23)24)14(9-27-16)11-5-12(8-25-7-11)17-30-31(3-4-32)20(34)35-17/h7-8,10,12,32H,2-6,9H2,1H3,(H2,26,27,29,33). The Bertz CT molecular complexity index is 1320. The number of thiazole rings is 1. The van der Waals surface area contributed by atoms with Crippen LogP contribution in [0, 0.1) is 0 Å². The highest BCUT2D eigenvalue weighted by atomic mass is 32.1. The summed E-state index contributed by atoms with van der Waals surface area (Å²) in [4.78, 5) is 36.4. The van der Waals surface area contributed by atoms with E-state index in [-0.39, 0.29) is 37.0 Å². The lowest BCUT2D eigenvalue weighted by atomic mass is 9.88. The Morgan fingerprint density at radius 2 is 2.17 bits per heavy atom. The van der Waals surface area contributed by atoms with Crippen molar-refractivity contribution in [3.63, 3.8) is 0 Å². The fourth-order valence-corrected chi connectivity index (χ4v) is 4.60. The molecule has 2 aromatic heterocycles. The minimum atomic E-state index is -4.59. The van der Waals surface area contributed by atoms with E-state index >= 15 is 0 Å². The molecular weight excluding hydrogens is 503 g/mol. The van der Waals surface area contributed by atoms with E-state index in [1.807, 2.05) is 0 Å². The number of hydrogen-bond donors (Lipinski definition) is 3. The lowest BCUT2D eigenvalue weighted by molar-refractivity contribution is -0.140. The first kappa shape index (κ1) is 25.5. The van der Waals surface area contributed by atoms with Gasteiger partial charge in [0.1, 0.15) is 10.8 Å². The van der Waals surface area contributed by atoms with Crippen LogP contribution in [0.2, 0.25) is 0 Å². The van der Waals surface area contributed by atoms with Gasteiger partial charge < -0.3 is 14.8 Å². The lowest BCUT2D eigenvalue weighted by Gasteiger charge is -2.24. The van der Waals surface area contributed by atoms with Crippen molar-refractivity contribution in [1.82, 2.24) is 25.4 Å². The normalized spacial score (nSPS) is 18.2. The molecule has 0 saturated heterocycles. The molecule has 0 radical (unpaired) electrons. The van der Waals surface area contributed by atoms with Gasteiger partial charge in [-0.05, 0) is 24.5 Å². The van der Waals surface area contributed by atoms with Crippen LogP contribution in [0.25, 0.3) is 5.57 Å². The first-order chi connectivity index (χ1) is 17.2. The third-order valence-electron chi connectivity index (χ3n) is 5.36. The number of urea groups is 1. The van der Waals surface area contributed by atoms with Gasteiger partial charge in [0.15, 0.2) is 5.69 Å². The molecule has 3 N–H and O–H groups in total. The number of halogens is 3. The molecule has 15 heteroatoms. The predicted molar refractivity (Wildman–Crippen MR) is 125 cm³/mol. The molecule has 1 atom stereocenters. The van der Waals surface area contributed by atoms with Crippen molar-refractivity contribution in [3.05, 3.63) is 49.9 Å². The molecule has 2 amide bonds. The fraction of sp³-hybridized carbons (Fsp3) is 0.429. The van der Waals surface area contributed by atoms with E-state index < -0.39 is 29.6 Å². The Morgan fingerprint density at radius 3 is 2.86 bits per heavy atom. The average molecular weight is 526 g/mol. The maximum Gasteiger partial charge on any atom is 0.437 e. The van der Waals surface area contributed by atoms with Crippen LogP contribution in [0.15, 0.2) is 41.9 Å². The summed E-state index contributed by atoms with van der Waals surface area (Å²) < 4.78 is 45.9. The van der Waals surface area contributed by atoms with Crippen LogP contribution in [0.4, 0.5) is 18.0 Å². The Labute approximate surface area is 206 Å². The quantitative estimate of drug-likeness (QED) is 0.528. The summed E-state index contributed by atoms with van der Waals surface area (Å²) in [6.07, 6.45) is -1.11. The minimum Gasteiger partial charge on any atom is -0.394 e. The molecule has 4 rings (SSSR count). The highest BCUT2D eigenvalue weighted by Crippen LogP contribution is 2.39. The molecule has 0 fully saturated rings. The second-order valence-electron chi connectivity index (χ2n) is 7.83. The molecule has 0 spiro atoms. The van der Waals surface area contributed by atoms with E-state index in [1.54, 1.807) is 19.3 Å². The van der Waals surface area contributed by atoms with Crippen molar-refractivity contribution >= 4 is 35.0 Å². The minimum absolute atomic E-state index is 0.0219. The molecule has 11 nitrogen and oxygen atoms in total. The molecular formula is C21H22F3N7O4S. The number of aromatic nitrogens is 3. The second kappa shape index (κ2) is 10.6. The zero-order valence-electron chi connectivity index (χ0n) is 19.0. The van der Waals surface area contributed by atoms with Gasteiger partial charge >= 0.3 is 18.0 Å². The zero-order valence-corrected chi connectivity index (χ0v) is 19.8. The Kier molecular flexibility index (Phi) is 7.49. The van der Waals surface area contributed by atoms with Crippen LogP contribution in [0.1, 0.15) is 42.3 Å². The van der Waals surface area contributed by atoms with Gasteiger partial charge in [-0.15, -0.1) is 16.4 Å². The number of alkyl halides is 3. The van der Waals surface area contributed by atoms with Crippen molar-refractivity contribution in [2.75, 3.05) is 19.7 Å². The van der Waals surface area contributed by atoms with Crippen LogP contribution in [0.3, 0.4) is 0 Å². The number of aliphatic hydroxyl groups is 1. The van der Waals surface area contributed by atoms with Crippen LogP contribution in [-0.4, -0.2) is 57.6 Å². The number of nitrogens with one attached hydrogen (secondary N) is 2. The van der Waals surface area contributed by atoms with Gasteiger partial charge in [-0.2, -0.15) is 17.9 Å². The first-order valence-corrected chi connectivity index (χ1v) is 11.8. The van der Waals surface area contributed by atoms with Crippen LogP contribution >= 0.6 is 11.3 Å². The van der Waals surface area contributed by atoms with Gasteiger partial charge in [-0.25, -0.2) is 14.6 Å². The topological polar surface area (TPSA) is 147 Å². The van der Waals surface area contributed by atoms with Crippen molar-refractivity contribution in [1.29, 1.82) is 0 Å². The molecule has 2 aliphatic rings. The smallest absolute Gasteiger partial charge is 0.394 e. The van der Waals surface area contributed by atoms with Gasteiger partial charge in [-0.1, -0.05) is 0 Å². The molecule has 0 aromatic carbocycles. The van der Waals surface area contributed by atoms with Crippen LogP contribution in [0.5, 0.6) is 0 Å².